The largest absolute Gasteiger partial charge is 0.494 e. The van der Waals surface area contributed by atoms with E-state index in [1.54, 1.807) is 60.7 Å². The topological polar surface area (TPSA) is 110 Å². The summed E-state index contributed by atoms with van der Waals surface area (Å²) in [5, 5.41) is 15.5. The number of ether oxygens (including phenoxy) is 3. The van der Waals surface area contributed by atoms with Crippen molar-refractivity contribution in [1.29, 1.82) is 5.26 Å². The first-order valence-corrected chi connectivity index (χ1v) is 12.2. The Morgan fingerprint density at radius 2 is 1.68 bits per heavy atom. The lowest BCUT2D eigenvalue weighted by molar-refractivity contribution is -0.118. The average molecular weight is 585 g/mol. The Bertz CT molecular complexity index is 1340. The molecule has 8 nitrogen and oxygen atoms in total. The second kappa shape index (κ2) is 13.3. The van der Waals surface area contributed by atoms with E-state index in [1.165, 1.54) is 13.2 Å². The van der Waals surface area contributed by atoms with Gasteiger partial charge in [-0.1, -0.05) is 11.6 Å². The molecule has 3 aromatic rings. The first kappa shape index (κ1) is 27.6. The highest BCUT2D eigenvalue weighted by Crippen LogP contribution is 2.37. The van der Waals surface area contributed by atoms with E-state index in [0.29, 0.717) is 50.3 Å². The van der Waals surface area contributed by atoms with Crippen LogP contribution in [0.4, 0.5) is 11.4 Å². The van der Waals surface area contributed by atoms with E-state index in [-0.39, 0.29) is 18.1 Å². The average Bonchev–Trinajstić information content (AvgIpc) is 2.88. The number of methoxy groups -OCH3 is 1. The van der Waals surface area contributed by atoms with E-state index in [1.807, 2.05) is 13.0 Å². The quantitative estimate of drug-likeness (QED) is 0.221. The molecule has 0 heterocycles. The molecule has 0 spiro atoms. The molecule has 0 aliphatic carbocycles. The van der Waals surface area contributed by atoms with Crippen LogP contribution in [0.5, 0.6) is 17.2 Å². The molecule has 0 aromatic heterocycles. The van der Waals surface area contributed by atoms with Crippen LogP contribution in [0.2, 0.25) is 5.02 Å². The molecular weight excluding hydrogens is 562 g/mol. The molecular formula is C27H23BrClN3O5. The van der Waals surface area contributed by atoms with Gasteiger partial charge in [0.25, 0.3) is 11.8 Å². The number of nitrogens with one attached hydrogen (secondary N) is 2. The highest BCUT2D eigenvalue weighted by molar-refractivity contribution is 9.10. The Kier molecular flexibility index (Phi) is 9.95. The van der Waals surface area contributed by atoms with E-state index >= 15 is 0 Å². The van der Waals surface area contributed by atoms with E-state index in [2.05, 4.69) is 26.6 Å². The van der Waals surface area contributed by atoms with Gasteiger partial charge < -0.3 is 24.8 Å². The third-order valence-electron chi connectivity index (χ3n) is 4.83. The molecule has 3 rings (SSSR count). The zero-order valence-electron chi connectivity index (χ0n) is 20.0. The van der Waals surface area contributed by atoms with Gasteiger partial charge in [-0.2, -0.15) is 5.26 Å². The third-order valence-corrected chi connectivity index (χ3v) is 5.67. The van der Waals surface area contributed by atoms with Crippen molar-refractivity contribution in [3.05, 3.63) is 81.3 Å². The Labute approximate surface area is 227 Å². The molecule has 0 fully saturated rings. The van der Waals surface area contributed by atoms with Crippen LogP contribution in [0.1, 0.15) is 12.5 Å². The van der Waals surface area contributed by atoms with Crippen molar-refractivity contribution in [2.45, 2.75) is 6.92 Å². The van der Waals surface area contributed by atoms with E-state index in [9.17, 15) is 14.9 Å². The molecule has 10 heteroatoms. The predicted molar refractivity (Wildman–Crippen MR) is 146 cm³/mol. The minimum absolute atomic E-state index is 0.112. The number of benzene rings is 3. The second-order valence-electron chi connectivity index (χ2n) is 7.46. The Hall–Kier alpha value is -4.00. The highest BCUT2D eigenvalue weighted by Gasteiger charge is 2.15. The molecule has 37 heavy (non-hydrogen) atoms. The first-order valence-electron chi connectivity index (χ1n) is 11.0. The third kappa shape index (κ3) is 8.00. The van der Waals surface area contributed by atoms with Crippen LogP contribution in [0.3, 0.4) is 0 Å². The van der Waals surface area contributed by atoms with Gasteiger partial charge in [0, 0.05) is 16.4 Å². The Balaban J connectivity index is 1.70. The molecule has 0 bridgehead atoms. The van der Waals surface area contributed by atoms with Gasteiger partial charge in [0.15, 0.2) is 18.1 Å². The van der Waals surface area contributed by atoms with Crippen molar-refractivity contribution < 1.29 is 23.8 Å². The summed E-state index contributed by atoms with van der Waals surface area (Å²) < 4.78 is 16.9. The molecule has 2 amide bonds. The number of anilines is 2. The zero-order chi connectivity index (χ0) is 26.8. The predicted octanol–water partition coefficient (Wildman–Crippen LogP) is 6.07. The van der Waals surface area contributed by atoms with Crippen molar-refractivity contribution in [1.82, 2.24) is 0 Å². The van der Waals surface area contributed by atoms with Crippen molar-refractivity contribution in [3.8, 4) is 23.3 Å². The molecule has 0 aliphatic rings. The van der Waals surface area contributed by atoms with Crippen LogP contribution in [0.15, 0.2) is 70.7 Å². The fourth-order valence-corrected chi connectivity index (χ4v) is 3.85. The summed E-state index contributed by atoms with van der Waals surface area (Å²) in [5.74, 6) is 0.338. The number of carbonyl (C=O) groups excluding carboxylic acids is 2. The molecule has 190 valence electrons. The van der Waals surface area contributed by atoms with E-state index in [0.717, 1.165) is 0 Å². The maximum absolute atomic E-state index is 12.7. The summed E-state index contributed by atoms with van der Waals surface area (Å²) >= 11 is 9.27. The Morgan fingerprint density at radius 1 is 1.03 bits per heavy atom. The number of halogens is 2. The summed E-state index contributed by atoms with van der Waals surface area (Å²) in [6.07, 6.45) is 1.42. The minimum atomic E-state index is -0.569. The molecule has 3 aromatic carbocycles. The molecule has 0 aliphatic heterocycles. The van der Waals surface area contributed by atoms with Crippen molar-refractivity contribution in [2.75, 3.05) is 31.0 Å². The molecule has 0 atom stereocenters. The number of hydrogen-bond acceptors (Lipinski definition) is 6. The van der Waals surface area contributed by atoms with Gasteiger partial charge in [0.2, 0.25) is 0 Å². The zero-order valence-corrected chi connectivity index (χ0v) is 22.4. The van der Waals surface area contributed by atoms with Gasteiger partial charge >= 0.3 is 0 Å². The maximum Gasteiger partial charge on any atom is 0.266 e. The number of rotatable bonds is 10. The van der Waals surface area contributed by atoms with Crippen molar-refractivity contribution in [3.63, 3.8) is 0 Å². The Morgan fingerprint density at radius 3 is 2.30 bits per heavy atom. The molecule has 2 N–H and O–H groups in total. The maximum atomic E-state index is 12.7. The van der Waals surface area contributed by atoms with Gasteiger partial charge in [-0.25, -0.2) is 0 Å². The fraction of sp³-hybridized carbons (Fsp3) is 0.148. The number of hydrogen-bond donors (Lipinski definition) is 2. The van der Waals surface area contributed by atoms with Crippen LogP contribution < -0.4 is 24.8 Å². The van der Waals surface area contributed by atoms with Crippen molar-refractivity contribution in [2.24, 2.45) is 0 Å². The van der Waals surface area contributed by atoms with Gasteiger partial charge in [-0.3, -0.25) is 9.59 Å². The van der Waals surface area contributed by atoms with E-state index < -0.39 is 5.91 Å². The summed E-state index contributed by atoms with van der Waals surface area (Å²) in [6, 6.07) is 18.7. The van der Waals surface area contributed by atoms with Crippen molar-refractivity contribution >= 4 is 56.8 Å². The van der Waals surface area contributed by atoms with Crippen LogP contribution >= 0.6 is 27.5 Å². The molecule has 0 saturated heterocycles. The summed E-state index contributed by atoms with van der Waals surface area (Å²) in [4.78, 5) is 24.9. The number of nitriles is 1. The summed E-state index contributed by atoms with van der Waals surface area (Å²) in [7, 11) is 1.44. The van der Waals surface area contributed by atoms with Gasteiger partial charge in [0.05, 0.1) is 18.2 Å². The monoisotopic (exact) mass is 583 g/mol. The van der Waals surface area contributed by atoms with Crippen LogP contribution in [-0.4, -0.2) is 32.1 Å². The molecule has 0 saturated carbocycles. The molecule has 0 unspecified atom stereocenters. The van der Waals surface area contributed by atoms with E-state index in [4.69, 9.17) is 25.8 Å². The number of nitrogens with zero attached hydrogens (tertiary/aromatic N) is 1. The normalized spacial score (nSPS) is 10.7. The van der Waals surface area contributed by atoms with Crippen LogP contribution in [0, 0.1) is 11.3 Å². The highest BCUT2D eigenvalue weighted by atomic mass is 79.9. The van der Waals surface area contributed by atoms with Gasteiger partial charge in [0.1, 0.15) is 17.4 Å². The standard InChI is InChI=1S/C27H23BrClN3O5/c1-3-36-22-10-8-21(9-11-22)32-27(34)18(15-30)12-17-13-23(28)26(24(14-17)35-2)37-16-25(33)31-20-6-4-19(29)5-7-20/h4-14H,3,16H2,1-2H3,(H,31,33)(H,32,34)/b18-12+. The molecule has 0 radical (unpaired) electrons. The van der Waals surface area contributed by atoms with Crippen LogP contribution in [0.25, 0.3) is 6.08 Å². The van der Waals surface area contributed by atoms with Crippen LogP contribution in [-0.2, 0) is 9.59 Å². The minimum Gasteiger partial charge on any atom is -0.494 e. The number of carbonyl (C=O) groups is 2. The second-order valence-corrected chi connectivity index (χ2v) is 8.75. The lowest BCUT2D eigenvalue weighted by Crippen LogP contribution is -2.20. The first-order chi connectivity index (χ1) is 17.8. The SMILES string of the molecule is CCOc1ccc(NC(=O)/C(C#N)=C/c2cc(Br)c(OCC(=O)Nc3ccc(Cl)cc3)c(OC)c2)cc1. The van der Waals surface area contributed by atoms with Gasteiger partial charge in [-0.05, 0) is 95.2 Å². The number of amides is 2. The smallest absolute Gasteiger partial charge is 0.266 e. The van der Waals surface area contributed by atoms with Gasteiger partial charge in [-0.15, -0.1) is 0 Å². The fourth-order valence-electron chi connectivity index (χ4n) is 3.15. The summed E-state index contributed by atoms with van der Waals surface area (Å²) in [5.41, 5.74) is 1.50. The lowest BCUT2D eigenvalue weighted by atomic mass is 10.1. The lowest BCUT2D eigenvalue weighted by Gasteiger charge is -2.14. The summed E-state index contributed by atoms with van der Waals surface area (Å²) in [6.45, 7) is 2.14.